The smallest absolute Gasteiger partial charge is 0.123 e. The maximum Gasteiger partial charge on any atom is 0.123 e. The van der Waals surface area contributed by atoms with Crippen LogP contribution in [0.5, 0.6) is 0 Å². The monoisotopic (exact) mass is 239 g/mol. The minimum atomic E-state index is -0.124. The Kier molecular flexibility index (Phi) is 3.87. The van der Waals surface area contributed by atoms with Crippen LogP contribution >= 0.6 is 11.8 Å². The molecule has 1 N–H and O–H groups in total. The predicted octanol–water partition coefficient (Wildman–Crippen LogP) is 3.50. The Morgan fingerprint density at radius 3 is 3.06 bits per heavy atom. The molecule has 0 bridgehead atoms. The maximum atomic E-state index is 13.3. The highest BCUT2D eigenvalue weighted by Gasteiger charge is 2.22. The number of benzene rings is 1. The van der Waals surface area contributed by atoms with E-state index < -0.39 is 0 Å². The number of hydrogen-bond acceptors (Lipinski definition) is 2. The summed E-state index contributed by atoms with van der Waals surface area (Å²) >= 11 is 1.95. The number of fused-ring (bicyclic) bond motifs is 1. The van der Waals surface area contributed by atoms with Crippen LogP contribution in [0.3, 0.4) is 0 Å². The number of hydrogen-bond donors (Lipinski definition) is 1. The van der Waals surface area contributed by atoms with Crippen LogP contribution in [0, 0.1) is 5.82 Å². The summed E-state index contributed by atoms with van der Waals surface area (Å²) in [7, 11) is 0. The summed E-state index contributed by atoms with van der Waals surface area (Å²) in [5, 5.41) is 4.08. The Morgan fingerprint density at radius 1 is 1.50 bits per heavy atom. The molecule has 0 saturated heterocycles. The quantitative estimate of drug-likeness (QED) is 0.847. The van der Waals surface area contributed by atoms with Crippen molar-refractivity contribution in [2.75, 3.05) is 6.54 Å². The van der Waals surface area contributed by atoms with E-state index in [2.05, 4.69) is 19.2 Å². The fraction of sp³-hybridized carbons (Fsp3) is 0.538. The third kappa shape index (κ3) is 2.58. The molecule has 1 aromatic carbocycles. The molecule has 2 atom stereocenters. The van der Waals surface area contributed by atoms with Crippen molar-refractivity contribution in [1.29, 1.82) is 0 Å². The molecule has 0 amide bonds. The summed E-state index contributed by atoms with van der Waals surface area (Å²) in [5.74, 6) is 0.875. The second kappa shape index (κ2) is 5.19. The third-order valence-electron chi connectivity index (χ3n) is 3.02. The van der Waals surface area contributed by atoms with Crippen LogP contribution < -0.4 is 5.32 Å². The van der Waals surface area contributed by atoms with Gasteiger partial charge in [-0.05, 0) is 36.2 Å². The van der Waals surface area contributed by atoms with Crippen molar-refractivity contribution in [2.45, 2.75) is 37.3 Å². The average molecular weight is 239 g/mol. The van der Waals surface area contributed by atoms with Crippen molar-refractivity contribution < 1.29 is 4.39 Å². The van der Waals surface area contributed by atoms with E-state index in [0.29, 0.717) is 11.3 Å². The van der Waals surface area contributed by atoms with Gasteiger partial charge in [0.15, 0.2) is 0 Å². The van der Waals surface area contributed by atoms with Gasteiger partial charge in [-0.15, -0.1) is 0 Å². The lowest BCUT2D eigenvalue weighted by atomic mass is 9.97. The van der Waals surface area contributed by atoms with Crippen LogP contribution in [-0.2, 0) is 5.75 Å². The zero-order valence-electron chi connectivity index (χ0n) is 9.79. The van der Waals surface area contributed by atoms with Gasteiger partial charge in [-0.2, -0.15) is 11.8 Å². The molecule has 88 valence electrons. The molecule has 3 heteroatoms. The highest BCUT2D eigenvalue weighted by molar-refractivity contribution is 7.99. The molecular formula is C13H18FNS. The first kappa shape index (κ1) is 11.9. The van der Waals surface area contributed by atoms with Crippen LogP contribution in [0.25, 0.3) is 0 Å². The number of thioether (sulfide) groups is 1. The molecule has 0 radical (unpaired) electrons. The fourth-order valence-corrected chi connectivity index (χ4v) is 3.28. The highest BCUT2D eigenvalue weighted by Crippen LogP contribution is 2.34. The molecule has 1 nitrogen and oxygen atoms in total. The normalized spacial score (nSPS) is 24.9. The van der Waals surface area contributed by atoms with E-state index >= 15 is 0 Å². The second-order valence-electron chi connectivity index (χ2n) is 4.31. The molecule has 0 fully saturated rings. The van der Waals surface area contributed by atoms with Gasteiger partial charge in [0, 0.05) is 17.0 Å². The first-order valence-electron chi connectivity index (χ1n) is 5.84. The van der Waals surface area contributed by atoms with Gasteiger partial charge in [-0.1, -0.05) is 19.9 Å². The van der Waals surface area contributed by atoms with Crippen molar-refractivity contribution in [3.05, 3.63) is 35.1 Å². The van der Waals surface area contributed by atoms with Gasteiger partial charge < -0.3 is 5.32 Å². The molecule has 2 rings (SSSR count). The first-order valence-corrected chi connectivity index (χ1v) is 6.89. The fourth-order valence-electron chi connectivity index (χ4n) is 2.22. The van der Waals surface area contributed by atoms with E-state index in [4.69, 9.17) is 0 Å². The molecule has 1 aliphatic heterocycles. The Hall–Kier alpha value is -0.540. The topological polar surface area (TPSA) is 12.0 Å². The molecule has 1 aromatic rings. The Labute approximate surface area is 101 Å². The Balaban J connectivity index is 2.34. The summed E-state index contributed by atoms with van der Waals surface area (Å²) in [6.07, 6.45) is 1.08. The van der Waals surface area contributed by atoms with Gasteiger partial charge in [0.05, 0.1) is 0 Å². The zero-order chi connectivity index (χ0) is 11.5. The lowest BCUT2D eigenvalue weighted by Crippen LogP contribution is -2.23. The van der Waals surface area contributed by atoms with Gasteiger partial charge in [0.25, 0.3) is 0 Å². The molecule has 0 spiro atoms. The first-order chi connectivity index (χ1) is 7.70. The van der Waals surface area contributed by atoms with E-state index in [-0.39, 0.29) is 5.82 Å². The molecule has 2 unspecified atom stereocenters. The molecule has 0 aromatic heterocycles. The van der Waals surface area contributed by atoms with E-state index in [1.54, 1.807) is 12.1 Å². The number of rotatable bonds is 2. The van der Waals surface area contributed by atoms with Crippen molar-refractivity contribution in [1.82, 2.24) is 5.32 Å². The lowest BCUT2D eigenvalue weighted by molar-refractivity contribution is 0.511. The summed E-state index contributed by atoms with van der Waals surface area (Å²) in [6, 6.07) is 5.50. The minimum Gasteiger partial charge on any atom is -0.310 e. The predicted molar refractivity (Wildman–Crippen MR) is 68.2 cm³/mol. The van der Waals surface area contributed by atoms with E-state index in [0.717, 1.165) is 24.3 Å². The summed E-state index contributed by atoms with van der Waals surface area (Å²) in [6.45, 7) is 5.27. The Morgan fingerprint density at radius 2 is 2.31 bits per heavy atom. The lowest BCUT2D eigenvalue weighted by Gasteiger charge is -2.19. The van der Waals surface area contributed by atoms with Gasteiger partial charge in [-0.3, -0.25) is 0 Å². The second-order valence-corrected chi connectivity index (χ2v) is 5.74. The van der Waals surface area contributed by atoms with Crippen LogP contribution in [0.15, 0.2) is 18.2 Å². The molecule has 0 saturated carbocycles. The summed E-state index contributed by atoms with van der Waals surface area (Å²) in [5.41, 5.74) is 2.43. The molecule has 16 heavy (non-hydrogen) atoms. The van der Waals surface area contributed by atoms with Crippen molar-refractivity contribution in [3.63, 3.8) is 0 Å². The van der Waals surface area contributed by atoms with Crippen molar-refractivity contribution in [2.24, 2.45) is 0 Å². The van der Waals surface area contributed by atoms with E-state index in [1.807, 2.05) is 17.8 Å². The largest absolute Gasteiger partial charge is 0.310 e. The number of halogens is 1. The molecular weight excluding hydrogens is 221 g/mol. The standard InChI is InChI=1S/C13H18FNS/c1-3-15-13-6-9(2)16-8-10-4-5-11(14)7-12(10)13/h4-5,7,9,13,15H,3,6,8H2,1-2H3. The molecule has 0 aliphatic carbocycles. The molecule has 1 aliphatic rings. The Bertz CT molecular complexity index is 367. The maximum absolute atomic E-state index is 13.3. The van der Waals surface area contributed by atoms with Gasteiger partial charge in [0.2, 0.25) is 0 Å². The van der Waals surface area contributed by atoms with Crippen LogP contribution in [0.4, 0.5) is 4.39 Å². The highest BCUT2D eigenvalue weighted by atomic mass is 32.2. The zero-order valence-corrected chi connectivity index (χ0v) is 10.6. The SMILES string of the molecule is CCNC1CC(C)SCc2ccc(F)cc21. The number of nitrogens with one attached hydrogen (secondary N) is 1. The van der Waals surface area contributed by atoms with E-state index in [9.17, 15) is 4.39 Å². The van der Waals surface area contributed by atoms with Gasteiger partial charge in [0.1, 0.15) is 5.82 Å². The van der Waals surface area contributed by atoms with Crippen LogP contribution in [0.2, 0.25) is 0 Å². The summed E-state index contributed by atoms with van der Waals surface area (Å²) < 4.78 is 13.3. The van der Waals surface area contributed by atoms with E-state index in [1.165, 1.54) is 5.56 Å². The summed E-state index contributed by atoms with van der Waals surface area (Å²) in [4.78, 5) is 0. The van der Waals surface area contributed by atoms with Crippen LogP contribution in [0.1, 0.15) is 37.4 Å². The van der Waals surface area contributed by atoms with Crippen molar-refractivity contribution in [3.8, 4) is 0 Å². The third-order valence-corrected chi connectivity index (χ3v) is 4.26. The molecule has 1 heterocycles. The van der Waals surface area contributed by atoms with Gasteiger partial charge >= 0.3 is 0 Å². The minimum absolute atomic E-state index is 0.124. The van der Waals surface area contributed by atoms with Gasteiger partial charge in [-0.25, -0.2) is 4.39 Å². The van der Waals surface area contributed by atoms with Crippen molar-refractivity contribution >= 4 is 11.8 Å². The average Bonchev–Trinajstić information content (AvgIpc) is 2.40. The van der Waals surface area contributed by atoms with Crippen LogP contribution in [-0.4, -0.2) is 11.8 Å².